The van der Waals surface area contributed by atoms with Crippen molar-refractivity contribution in [3.8, 4) is 0 Å². The van der Waals surface area contributed by atoms with Crippen LogP contribution in [0, 0.1) is 5.92 Å². The summed E-state index contributed by atoms with van der Waals surface area (Å²) in [5.74, 6) is 0.800. The lowest BCUT2D eigenvalue weighted by atomic mass is 10.0. The molecule has 2 unspecified atom stereocenters. The molecule has 1 aromatic rings. The van der Waals surface area contributed by atoms with E-state index in [2.05, 4.69) is 76.1 Å². The van der Waals surface area contributed by atoms with Gasteiger partial charge in [0.05, 0.1) is 0 Å². The van der Waals surface area contributed by atoms with Crippen molar-refractivity contribution in [3.63, 3.8) is 0 Å². The van der Waals surface area contributed by atoms with Crippen molar-refractivity contribution in [2.75, 3.05) is 0 Å². The van der Waals surface area contributed by atoms with Gasteiger partial charge in [0.15, 0.2) is 0 Å². The van der Waals surface area contributed by atoms with Gasteiger partial charge in [0.2, 0.25) is 0 Å². The van der Waals surface area contributed by atoms with Crippen molar-refractivity contribution < 1.29 is 0 Å². The second kappa shape index (κ2) is 7.55. The fraction of sp³-hybridized carbons (Fsp3) is 0.571. The number of hydrogen-bond acceptors (Lipinski definition) is 1. The van der Waals surface area contributed by atoms with Crippen LogP contribution >= 0.6 is 31.9 Å². The largest absolute Gasteiger partial charge is 0.310 e. The molecule has 17 heavy (non-hydrogen) atoms. The molecule has 1 N–H and O–H groups in total. The van der Waals surface area contributed by atoms with E-state index in [0.717, 1.165) is 21.4 Å². The molecule has 2 atom stereocenters. The average Bonchev–Trinajstić information content (AvgIpc) is 2.30. The topological polar surface area (TPSA) is 12.0 Å². The van der Waals surface area contributed by atoms with Gasteiger partial charge < -0.3 is 5.32 Å². The lowest BCUT2D eigenvalue weighted by Gasteiger charge is -2.17. The zero-order valence-electron chi connectivity index (χ0n) is 10.8. The van der Waals surface area contributed by atoms with Crippen molar-refractivity contribution in [1.82, 2.24) is 5.32 Å². The molecule has 0 heterocycles. The van der Waals surface area contributed by atoms with Crippen LogP contribution in [0.15, 0.2) is 27.1 Å². The quantitative estimate of drug-likeness (QED) is 0.739. The maximum atomic E-state index is 3.57. The highest BCUT2D eigenvalue weighted by atomic mass is 79.9. The van der Waals surface area contributed by atoms with E-state index in [1.807, 2.05) is 0 Å². The molecule has 0 aromatic heterocycles. The summed E-state index contributed by atoms with van der Waals surface area (Å²) in [6.07, 6.45) is 2.50. The van der Waals surface area contributed by atoms with E-state index in [0.29, 0.717) is 6.04 Å². The molecule has 0 radical (unpaired) electrons. The Morgan fingerprint density at radius 2 is 1.88 bits per heavy atom. The first-order valence-electron chi connectivity index (χ1n) is 6.20. The average molecular weight is 363 g/mol. The van der Waals surface area contributed by atoms with Crippen molar-refractivity contribution in [2.45, 2.75) is 46.2 Å². The first-order chi connectivity index (χ1) is 8.02. The maximum absolute atomic E-state index is 3.57. The first-order valence-corrected chi connectivity index (χ1v) is 7.78. The summed E-state index contributed by atoms with van der Waals surface area (Å²) in [6, 6.07) is 6.97. The second-order valence-corrected chi connectivity index (χ2v) is 6.49. The predicted octanol–water partition coefficient (Wildman–Crippen LogP) is 5.13. The van der Waals surface area contributed by atoms with E-state index in [1.165, 1.54) is 18.4 Å². The van der Waals surface area contributed by atoms with Crippen LogP contribution in [0.4, 0.5) is 0 Å². The van der Waals surface area contributed by atoms with E-state index < -0.39 is 0 Å². The zero-order valence-corrected chi connectivity index (χ0v) is 13.9. The fourth-order valence-corrected chi connectivity index (χ4v) is 2.47. The zero-order chi connectivity index (χ0) is 12.8. The van der Waals surface area contributed by atoms with Crippen molar-refractivity contribution >= 4 is 31.9 Å². The number of benzene rings is 1. The molecule has 0 aliphatic rings. The number of hydrogen-bond donors (Lipinski definition) is 1. The molecule has 0 bridgehead atoms. The van der Waals surface area contributed by atoms with Gasteiger partial charge >= 0.3 is 0 Å². The lowest BCUT2D eigenvalue weighted by Crippen LogP contribution is -2.27. The van der Waals surface area contributed by atoms with Gasteiger partial charge in [-0.1, -0.05) is 26.3 Å². The summed E-state index contributed by atoms with van der Waals surface area (Å²) in [7, 11) is 0. The Kier molecular flexibility index (Phi) is 6.75. The van der Waals surface area contributed by atoms with Crippen LogP contribution in [0.2, 0.25) is 0 Å². The number of halogens is 2. The molecule has 0 aliphatic heterocycles. The monoisotopic (exact) mass is 361 g/mol. The minimum Gasteiger partial charge on any atom is -0.310 e. The van der Waals surface area contributed by atoms with Crippen LogP contribution in [0.25, 0.3) is 0 Å². The summed E-state index contributed by atoms with van der Waals surface area (Å²) >= 11 is 7.01. The summed E-state index contributed by atoms with van der Waals surface area (Å²) in [5.41, 5.74) is 1.32. The Labute approximate surface area is 122 Å². The Morgan fingerprint density at radius 1 is 1.18 bits per heavy atom. The minimum atomic E-state index is 0.576. The van der Waals surface area contributed by atoms with Crippen LogP contribution in [0.1, 0.15) is 39.2 Å². The molecule has 0 saturated heterocycles. The lowest BCUT2D eigenvalue weighted by molar-refractivity contribution is 0.412. The molecule has 3 heteroatoms. The van der Waals surface area contributed by atoms with Gasteiger partial charge in [-0.3, -0.25) is 0 Å². The molecular formula is C14H21Br2N. The van der Waals surface area contributed by atoms with Crippen LogP contribution in [-0.4, -0.2) is 6.04 Å². The van der Waals surface area contributed by atoms with Crippen molar-refractivity contribution in [3.05, 3.63) is 32.7 Å². The second-order valence-electron chi connectivity index (χ2n) is 4.78. The number of rotatable bonds is 6. The highest BCUT2D eigenvalue weighted by Gasteiger charge is 2.07. The Hall–Kier alpha value is 0.140. The third kappa shape index (κ3) is 5.54. The van der Waals surface area contributed by atoms with Gasteiger partial charge in [0, 0.05) is 21.5 Å². The van der Waals surface area contributed by atoms with Crippen LogP contribution in [0.3, 0.4) is 0 Å². The Morgan fingerprint density at radius 3 is 2.47 bits per heavy atom. The van der Waals surface area contributed by atoms with Gasteiger partial charge in [-0.15, -0.1) is 0 Å². The third-order valence-electron chi connectivity index (χ3n) is 3.09. The van der Waals surface area contributed by atoms with E-state index in [4.69, 9.17) is 0 Å². The smallest absolute Gasteiger partial charge is 0.0320 e. The molecular weight excluding hydrogens is 342 g/mol. The van der Waals surface area contributed by atoms with Gasteiger partial charge in [-0.25, -0.2) is 0 Å². The molecule has 1 rings (SSSR count). The third-order valence-corrected chi connectivity index (χ3v) is 4.97. The standard InChI is InChI=1S/C14H21Br2N/c1-4-10(2)7-11(3)17-9-12-5-6-13(15)14(16)8-12/h5-6,8,10-11,17H,4,7,9H2,1-3H3. The molecule has 0 amide bonds. The van der Waals surface area contributed by atoms with E-state index in [-0.39, 0.29) is 0 Å². The van der Waals surface area contributed by atoms with E-state index >= 15 is 0 Å². The molecule has 0 aliphatic carbocycles. The van der Waals surface area contributed by atoms with Gasteiger partial charge in [-0.05, 0) is 68.8 Å². The molecule has 0 saturated carbocycles. The highest BCUT2D eigenvalue weighted by Crippen LogP contribution is 2.23. The molecule has 96 valence electrons. The van der Waals surface area contributed by atoms with Gasteiger partial charge in [0.1, 0.15) is 0 Å². The predicted molar refractivity (Wildman–Crippen MR) is 82.2 cm³/mol. The maximum Gasteiger partial charge on any atom is 0.0320 e. The summed E-state index contributed by atoms with van der Waals surface area (Å²) in [6.45, 7) is 7.77. The molecule has 0 fully saturated rings. The molecule has 1 nitrogen and oxygen atoms in total. The van der Waals surface area contributed by atoms with E-state index in [9.17, 15) is 0 Å². The SMILES string of the molecule is CCC(C)CC(C)NCc1ccc(Br)c(Br)c1. The summed E-state index contributed by atoms with van der Waals surface area (Å²) in [5, 5.41) is 3.57. The Bertz CT molecular complexity index is 352. The molecule has 1 aromatic carbocycles. The Balaban J connectivity index is 2.42. The fourth-order valence-electron chi connectivity index (χ4n) is 1.80. The van der Waals surface area contributed by atoms with Gasteiger partial charge in [-0.2, -0.15) is 0 Å². The van der Waals surface area contributed by atoms with Gasteiger partial charge in [0.25, 0.3) is 0 Å². The van der Waals surface area contributed by atoms with E-state index in [1.54, 1.807) is 0 Å². The van der Waals surface area contributed by atoms with Crippen molar-refractivity contribution in [2.24, 2.45) is 5.92 Å². The molecule has 0 spiro atoms. The number of nitrogens with one attached hydrogen (secondary N) is 1. The highest BCUT2D eigenvalue weighted by molar-refractivity contribution is 9.13. The van der Waals surface area contributed by atoms with Crippen molar-refractivity contribution in [1.29, 1.82) is 0 Å². The summed E-state index contributed by atoms with van der Waals surface area (Å²) < 4.78 is 2.22. The minimum absolute atomic E-state index is 0.576. The van der Waals surface area contributed by atoms with Crippen LogP contribution in [-0.2, 0) is 6.54 Å². The van der Waals surface area contributed by atoms with Crippen LogP contribution in [0.5, 0.6) is 0 Å². The van der Waals surface area contributed by atoms with Crippen LogP contribution < -0.4 is 5.32 Å². The first kappa shape index (κ1) is 15.2. The normalized spacial score (nSPS) is 14.6. The summed E-state index contributed by atoms with van der Waals surface area (Å²) in [4.78, 5) is 0.